The number of cyclic esters (lactones) is 1. The average molecular weight is 368 g/mol. The van der Waals surface area contributed by atoms with Gasteiger partial charge in [0, 0.05) is 5.56 Å². The van der Waals surface area contributed by atoms with Crippen molar-refractivity contribution in [2.24, 2.45) is 11.8 Å². The molecule has 7 heteroatoms. The number of hydrogen-bond acceptors (Lipinski definition) is 7. The zero-order valence-electron chi connectivity index (χ0n) is 14.3. The third-order valence-electron chi connectivity index (χ3n) is 5.08. The summed E-state index contributed by atoms with van der Waals surface area (Å²) in [5.41, 5.74) is 1.38. The summed E-state index contributed by atoms with van der Waals surface area (Å²) < 4.78 is 26.5. The molecule has 0 aliphatic carbocycles. The van der Waals surface area contributed by atoms with Gasteiger partial charge >= 0.3 is 5.97 Å². The fourth-order valence-electron chi connectivity index (χ4n) is 3.63. The van der Waals surface area contributed by atoms with E-state index >= 15 is 0 Å². The monoisotopic (exact) mass is 368 g/mol. The highest BCUT2D eigenvalue weighted by molar-refractivity contribution is 6.01. The fourth-order valence-corrected chi connectivity index (χ4v) is 3.63. The molecule has 3 aliphatic rings. The van der Waals surface area contributed by atoms with Gasteiger partial charge in [-0.3, -0.25) is 9.59 Å². The van der Waals surface area contributed by atoms with Crippen molar-refractivity contribution >= 4 is 11.8 Å². The van der Waals surface area contributed by atoms with E-state index in [1.807, 2.05) is 18.2 Å². The van der Waals surface area contributed by atoms with E-state index in [0.29, 0.717) is 35.0 Å². The molecule has 3 aliphatic heterocycles. The Kier molecular flexibility index (Phi) is 3.67. The number of benzene rings is 2. The van der Waals surface area contributed by atoms with Crippen LogP contribution in [0.15, 0.2) is 36.4 Å². The van der Waals surface area contributed by atoms with Crippen LogP contribution in [0.2, 0.25) is 0 Å². The standard InChI is InChI=1S/C20H16O7/c21-19(12-2-4-16-18(7-12)27-10-25-16)14-8-23-20(22)13(14)5-11-1-3-15-17(6-11)26-9-24-15/h1-4,6-7,13-14H,5,8-10H2/t13-,14+/m0/s1. The molecule has 2 aromatic carbocycles. The summed E-state index contributed by atoms with van der Waals surface area (Å²) in [6, 6.07) is 10.6. The lowest BCUT2D eigenvalue weighted by atomic mass is 9.84. The third kappa shape index (κ3) is 2.75. The number of rotatable bonds is 4. The van der Waals surface area contributed by atoms with Crippen LogP contribution >= 0.6 is 0 Å². The molecule has 0 spiro atoms. The zero-order chi connectivity index (χ0) is 18.4. The molecule has 138 valence electrons. The van der Waals surface area contributed by atoms with Crippen molar-refractivity contribution in [2.75, 3.05) is 20.2 Å². The van der Waals surface area contributed by atoms with Gasteiger partial charge in [-0.1, -0.05) is 6.07 Å². The normalized spacial score (nSPS) is 22.0. The third-order valence-corrected chi connectivity index (χ3v) is 5.08. The Morgan fingerprint density at radius 1 is 0.852 bits per heavy atom. The van der Waals surface area contributed by atoms with Crippen molar-refractivity contribution in [1.82, 2.24) is 0 Å². The second-order valence-corrected chi connectivity index (χ2v) is 6.67. The Bertz CT molecular complexity index is 936. The molecule has 0 saturated carbocycles. The second kappa shape index (κ2) is 6.19. The number of fused-ring (bicyclic) bond motifs is 2. The molecule has 5 rings (SSSR count). The number of carbonyl (C=O) groups is 2. The van der Waals surface area contributed by atoms with Crippen LogP contribution in [0.3, 0.4) is 0 Å². The van der Waals surface area contributed by atoms with E-state index in [4.69, 9.17) is 23.7 Å². The van der Waals surface area contributed by atoms with Gasteiger partial charge in [0.05, 0.1) is 11.8 Å². The Morgan fingerprint density at radius 3 is 2.30 bits per heavy atom. The number of esters is 1. The van der Waals surface area contributed by atoms with Crippen LogP contribution in [0.5, 0.6) is 23.0 Å². The second-order valence-electron chi connectivity index (χ2n) is 6.67. The van der Waals surface area contributed by atoms with Crippen molar-refractivity contribution < 1.29 is 33.3 Å². The summed E-state index contributed by atoms with van der Waals surface area (Å²) in [4.78, 5) is 25.3. The minimum atomic E-state index is -0.539. The SMILES string of the molecule is O=C1OC[C@@H](C(=O)c2ccc3c(c2)OCO3)[C@@H]1Cc1ccc2c(c1)OCO2. The zero-order valence-corrected chi connectivity index (χ0v) is 14.3. The molecule has 7 nitrogen and oxygen atoms in total. The quantitative estimate of drug-likeness (QED) is 0.605. The van der Waals surface area contributed by atoms with E-state index in [1.165, 1.54) is 0 Å². The van der Waals surface area contributed by atoms with Gasteiger partial charge in [0.1, 0.15) is 6.61 Å². The molecule has 3 heterocycles. The van der Waals surface area contributed by atoms with E-state index in [1.54, 1.807) is 18.2 Å². The first-order valence-electron chi connectivity index (χ1n) is 8.68. The van der Waals surface area contributed by atoms with Crippen molar-refractivity contribution in [3.8, 4) is 23.0 Å². The topological polar surface area (TPSA) is 80.3 Å². The van der Waals surface area contributed by atoms with Gasteiger partial charge in [0.25, 0.3) is 0 Å². The predicted octanol–water partition coefficient (Wildman–Crippen LogP) is 2.36. The van der Waals surface area contributed by atoms with Gasteiger partial charge in [0.15, 0.2) is 28.8 Å². The maximum absolute atomic E-state index is 13.0. The van der Waals surface area contributed by atoms with Gasteiger partial charge in [-0.2, -0.15) is 0 Å². The molecule has 0 N–H and O–H groups in total. The number of hydrogen-bond donors (Lipinski definition) is 0. The first-order valence-corrected chi connectivity index (χ1v) is 8.68. The van der Waals surface area contributed by atoms with Crippen LogP contribution in [0.25, 0.3) is 0 Å². The molecule has 1 saturated heterocycles. The van der Waals surface area contributed by atoms with E-state index in [9.17, 15) is 9.59 Å². The lowest BCUT2D eigenvalue weighted by molar-refractivity contribution is -0.141. The lowest BCUT2D eigenvalue weighted by Gasteiger charge is -2.15. The van der Waals surface area contributed by atoms with Gasteiger partial charge in [-0.05, 0) is 42.3 Å². The Labute approximate surface area is 154 Å². The van der Waals surface area contributed by atoms with Gasteiger partial charge in [-0.15, -0.1) is 0 Å². The summed E-state index contributed by atoms with van der Waals surface area (Å²) in [6.45, 7) is 0.418. The van der Waals surface area contributed by atoms with Crippen molar-refractivity contribution in [1.29, 1.82) is 0 Å². The smallest absolute Gasteiger partial charge is 0.310 e. The highest BCUT2D eigenvalue weighted by atomic mass is 16.7. The first kappa shape index (κ1) is 16.0. The van der Waals surface area contributed by atoms with E-state index < -0.39 is 11.8 Å². The Morgan fingerprint density at radius 2 is 1.52 bits per heavy atom. The molecule has 0 aromatic heterocycles. The molecule has 0 amide bonds. The van der Waals surface area contributed by atoms with Crippen LogP contribution in [-0.2, 0) is 16.0 Å². The molecule has 2 aromatic rings. The highest BCUT2D eigenvalue weighted by Gasteiger charge is 2.42. The van der Waals surface area contributed by atoms with Crippen molar-refractivity contribution in [3.05, 3.63) is 47.5 Å². The average Bonchev–Trinajstić information content (AvgIpc) is 3.41. The summed E-state index contributed by atoms with van der Waals surface area (Å²) in [5, 5.41) is 0. The van der Waals surface area contributed by atoms with Gasteiger partial charge in [0.2, 0.25) is 13.6 Å². The minimum Gasteiger partial charge on any atom is -0.465 e. The summed E-state index contributed by atoms with van der Waals surface area (Å²) in [5.74, 6) is 0.919. The number of carbonyl (C=O) groups excluding carboxylic acids is 2. The largest absolute Gasteiger partial charge is 0.465 e. The summed E-state index contributed by atoms with van der Waals surface area (Å²) in [6.07, 6.45) is 0.399. The number of ketones is 1. The van der Waals surface area contributed by atoms with Crippen LogP contribution in [0.4, 0.5) is 0 Å². The first-order chi connectivity index (χ1) is 13.2. The van der Waals surface area contributed by atoms with E-state index in [-0.39, 0.29) is 31.9 Å². The fraction of sp³-hybridized carbons (Fsp3) is 0.300. The maximum atomic E-state index is 13.0. The van der Waals surface area contributed by atoms with Crippen LogP contribution in [0, 0.1) is 11.8 Å². The highest BCUT2D eigenvalue weighted by Crippen LogP contribution is 2.37. The number of Topliss-reactive ketones (excluding diaryl/α,β-unsaturated/α-hetero) is 1. The van der Waals surface area contributed by atoms with Crippen LogP contribution in [-0.4, -0.2) is 31.9 Å². The Hall–Kier alpha value is -3.22. The molecule has 0 unspecified atom stereocenters. The molecular weight excluding hydrogens is 352 g/mol. The molecule has 0 radical (unpaired) electrons. The van der Waals surface area contributed by atoms with E-state index in [2.05, 4.69) is 0 Å². The molecule has 27 heavy (non-hydrogen) atoms. The van der Waals surface area contributed by atoms with Crippen LogP contribution < -0.4 is 18.9 Å². The minimum absolute atomic E-state index is 0.0846. The Balaban J connectivity index is 1.38. The van der Waals surface area contributed by atoms with E-state index in [0.717, 1.165) is 5.56 Å². The lowest BCUT2D eigenvalue weighted by Crippen LogP contribution is -2.26. The molecule has 2 atom stereocenters. The number of ether oxygens (including phenoxy) is 5. The molecule has 0 bridgehead atoms. The molecular formula is C20H16O7. The summed E-state index contributed by atoms with van der Waals surface area (Å²) in [7, 11) is 0. The molecule has 1 fully saturated rings. The van der Waals surface area contributed by atoms with Crippen molar-refractivity contribution in [2.45, 2.75) is 6.42 Å². The van der Waals surface area contributed by atoms with Gasteiger partial charge < -0.3 is 23.7 Å². The van der Waals surface area contributed by atoms with Crippen molar-refractivity contribution in [3.63, 3.8) is 0 Å². The van der Waals surface area contributed by atoms with Gasteiger partial charge in [-0.25, -0.2) is 0 Å². The summed E-state index contributed by atoms with van der Waals surface area (Å²) >= 11 is 0. The predicted molar refractivity (Wildman–Crippen MR) is 91.1 cm³/mol. The van der Waals surface area contributed by atoms with Crippen LogP contribution in [0.1, 0.15) is 15.9 Å². The maximum Gasteiger partial charge on any atom is 0.310 e.